The number of hydrogen-bond donors (Lipinski definition) is 1. The first-order valence-corrected chi connectivity index (χ1v) is 6.77. The quantitative estimate of drug-likeness (QED) is 0.837. The van der Waals surface area contributed by atoms with Crippen LogP contribution in [0.1, 0.15) is 25.0 Å². The molecule has 0 aliphatic heterocycles. The molecule has 4 heteroatoms. The standard InChI is InChI=1S/C15H14Cl2O2/c1-2-13(18)11-5-3-4-6-14(11)19-15-8-7-10(16)9-12(15)17/h3-9,13,18H,2H2,1H3/t13-/m0/s1. The van der Waals surface area contributed by atoms with Crippen LogP contribution in [-0.2, 0) is 0 Å². The summed E-state index contributed by atoms with van der Waals surface area (Å²) in [5, 5.41) is 11.0. The Bertz CT molecular complexity index is 570. The minimum absolute atomic E-state index is 0.438. The summed E-state index contributed by atoms with van der Waals surface area (Å²) in [4.78, 5) is 0. The van der Waals surface area contributed by atoms with Gasteiger partial charge in [0.2, 0.25) is 0 Å². The molecule has 0 spiro atoms. The van der Waals surface area contributed by atoms with Gasteiger partial charge in [-0.25, -0.2) is 0 Å². The van der Waals surface area contributed by atoms with E-state index in [-0.39, 0.29) is 0 Å². The van der Waals surface area contributed by atoms with Crippen LogP contribution in [0.3, 0.4) is 0 Å². The lowest BCUT2D eigenvalue weighted by Crippen LogP contribution is -1.98. The highest BCUT2D eigenvalue weighted by atomic mass is 35.5. The lowest BCUT2D eigenvalue weighted by atomic mass is 10.1. The van der Waals surface area contributed by atoms with Crippen LogP contribution in [0.5, 0.6) is 11.5 Å². The number of para-hydroxylation sites is 1. The Morgan fingerprint density at radius 2 is 1.84 bits per heavy atom. The second-order valence-electron chi connectivity index (χ2n) is 4.14. The van der Waals surface area contributed by atoms with Crippen molar-refractivity contribution in [1.29, 1.82) is 0 Å². The summed E-state index contributed by atoms with van der Waals surface area (Å²) in [5.74, 6) is 1.11. The van der Waals surface area contributed by atoms with Gasteiger partial charge in [0.15, 0.2) is 0 Å². The van der Waals surface area contributed by atoms with Gasteiger partial charge in [-0.15, -0.1) is 0 Å². The number of benzene rings is 2. The average molecular weight is 297 g/mol. The molecule has 2 aromatic rings. The molecule has 2 aromatic carbocycles. The summed E-state index contributed by atoms with van der Waals surface area (Å²) in [6.07, 6.45) is 0.0663. The SMILES string of the molecule is CC[C@H](O)c1ccccc1Oc1ccc(Cl)cc1Cl. The highest BCUT2D eigenvalue weighted by Gasteiger charge is 2.13. The molecule has 100 valence electrons. The molecule has 0 aliphatic rings. The Balaban J connectivity index is 2.33. The fourth-order valence-corrected chi connectivity index (χ4v) is 2.19. The zero-order valence-electron chi connectivity index (χ0n) is 10.4. The lowest BCUT2D eigenvalue weighted by molar-refractivity contribution is 0.170. The van der Waals surface area contributed by atoms with E-state index in [4.69, 9.17) is 27.9 Å². The van der Waals surface area contributed by atoms with Gasteiger partial charge >= 0.3 is 0 Å². The summed E-state index contributed by atoms with van der Waals surface area (Å²) in [6.45, 7) is 1.91. The van der Waals surface area contributed by atoms with Gasteiger partial charge in [0.25, 0.3) is 0 Å². The summed E-state index contributed by atoms with van der Waals surface area (Å²) in [5.41, 5.74) is 0.746. The third-order valence-electron chi connectivity index (χ3n) is 2.78. The van der Waals surface area contributed by atoms with Crippen LogP contribution < -0.4 is 4.74 Å². The van der Waals surface area contributed by atoms with E-state index in [1.54, 1.807) is 24.3 Å². The molecular formula is C15H14Cl2O2. The van der Waals surface area contributed by atoms with E-state index < -0.39 is 6.10 Å². The van der Waals surface area contributed by atoms with Crippen molar-refractivity contribution in [1.82, 2.24) is 0 Å². The topological polar surface area (TPSA) is 29.5 Å². The first-order valence-electron chi connectivity index (χ1n) is 6.01. The van der Waals surface area contributed by atoms with Gasteiger partial charge in [-0.05, 0) is 30.7 Å². The Morgan fingerprint density at radius 3 is 2.53 bits per heavy atom. The molecule has 0 aromatic heterocycles. The highest BCUT2D eigenvalue weighted by Crippen LogP contribution is 2.35. The predicted octanol–water partition coefficient (Wildman–Crippen LogP) is 5.23. The van der Waals surface area contributed by atoms with Crippen molar-refractivity contribution in [2.45, 2.75) is 19.4 Å². The lowest BCUT2D eigenvalue weighted by Gasteiger charge is -2.15. The molecule has 0 bridgehead atoms. The number of halogens is 2. The smallest absolute Gasteiger partial charge is 0.146 e. The summed E-state index contributed by atoms with van der Waals surface area (Å²) >= 11 is 11.9. The number of rotatable bonds is 4. The number of ether oxygens (including phenoxy) is 1. The molecule has 19 heavy (non-hydrogen) atoms. The van der Waals surface area contributed by atoms with Crippen LogP contribution in [0.4, 0.5) is 0 Å². The fraction of sp³-hybridized carbons (Fsp3) is 0.200. The van der Waals surface area contributed by atoms with Crippen molar-refractivity contribution < 1.29 is 9.84 Å². The van der Waals surface area contributed by atoms with Crippen LogP contribution in [0.2, 0.25) is 10.0 Å². The Labute approximate surface area is 122 Å². The molecule has 0 radical (unpaired) electrons. The molecule has 2 rings (SSSR count). The number of aliphatic hydroxyl groups is 1. The van der Waals surface area contributed by atoms with Crippen LogP contribution in [0, 0.1) is 0 Å². The van der Waals surface area contributed by atoms with E-state index in [2.05, 4.69) is 0 Å². The van der Waals surface area contributed by atoms with E-state index in [1.807, 2.05) is 25.1 Å². The van der Waals surface area contributed by atoms with Gasteiger partial charge in [-0.1, -0.05) is 48.3 Å². The molecule has 0 fully saturated rings. The number of aliphatic hydroxyl groups excluding tert-OH is 1. The molecular weight excluding hydrogens is 283 g/mol. The van der Waals surface area contributed by atoms with Gasteiger partial charge in [-0.2, -0.15) is 0 Å². The summed E-state index contributed by atoms with van der Waals surface area (Å²) in [6, 6.07) is 12.4. The highest BCUT2D eigenvalue weighted by molar-refractivity contribution is 6.35. The van der Waals surface area contributed by atoms with E-state index in [0.717, 1.165) is 5.56 Å². The molecule has 0 amide bonds. The maximum atomic E-state index is 9.97. The molecule has 0 aliphatic carbocycles. The van der Waals surface area contributed by atoms with E-state index in [0.29, 0.717) is 28.0 Å². The van der Waals surface area contributed by atoms with Crippen LogP contribution >= 0.6 is 23.2 Å². The van der Waals surface area contributed by atoms with Crippen molar-refractivity contribution in [2.75, 3.05) is 0 Å². The summed E-state index contributed by atoms with van der Waals surface area (Å²) in [7, 11) is 0. The molecule has 0 unspecified atom stereocenters. The van der Waals surface area contributed by atoms with Gasteiger partial charge in [0.1, 0.15) is 11.5 Å². The molecule has 0 saturated carbocycles. The first-order chi connectivity index (χ1) is 9.11. The normalized spacial score (nSPS) is 12.2. The van der Waals surface area contributed by atoms with Crippen molar-refractivity contribution in [3.05, 3.63) is 58.1 Å². The second-order valence-corrected chi connectivity index (χ2v) is 4.98. The second kappa shape index (κ2) is 6.29. The molecule has 2 nitrogen and oxygen atoms in total. The molecule has 0 heterocycles. The fourth-order valence-electron chi connectivity index (χ4n) is 1.75. The Morgan fingerprint density at radius 1 is 1.11 bits per heavy atom. The first kappa shape index (κ1) is 14.2. The number of hydrogen-bond acceptors (Lipinski definition) is 2. The van der Waals surface area contributed by atoms with Crippen molar-refractivity contribution in [3.63, 3.8) is 0 Å². The molecule has 1 N–H and O–H groups in total. The molecule has 0 saturated heterocycles. The van der Waals surface area contributed by atoms with Crippen molar-refractivity contribution in [3.8, 4) is 11.5 Å². The largest absolute Gasteiger partial charge is 0.455 e. The minimum Gasteiger partial charge on any atom is -0.455 e. The van der Waals surface area contributed by atoms with Gasteiger partial charge < -0.3 is 9.84 Å². The van der Waals surface area contributed by atoms with E-state index in [1.165, 1.54) is 0 Å². The maximum absolute atomic E-state index is 9.97. The predicted molar refractivity (Wildman–Crippen MR) is 78.2 cm³/mol. The van der Waals surface area contributed by atoms with Crippen LogP contribution in [-0.4, -0.2) is 5.11 Å². The van der Waals surface area contributed by atoms with Crippen LogP contribution in [0.25, 0.3) is 0 Å². The Hall–Kier alpha value is -1.22. The van der Waals surface area contributed by atoms with E-state index in [9.17, 15) is 5.11 Å². The average Bonchev–Trinajstić information content (AvgIpc) is 2.41. The van der Waals surface area contributed by atoms with Crippen LogP contribution in [0.15, 0.2) is 42.5 Å². The minimum atomic E-state index is -0.553. The third-order valence-corrected chi connectivity index (χ3v) is 3.31. The zero-order chi connectivity index (χ0) is 13.8. The van der Waals surface area contributed by atoms with E-state index >= 15 is 0 Å². The van der Waals surface area contributed by atoms with Crippen molar-refractivity contribution in [2.24, 2.45) is 0 Å². The van der Waals surface area contributed by atoms with Gasteiger partial charge in [0.05, 0.1) is 11.1 Å². The zero-order valence-corrected chi connectivity index (χ0v) is 11.9. The summed E-state index contributed by atoms with van der Waals surface area (Å²) < 4.78 is 5.77. The van der Waals surface area contributed by atoms with Gasteiger partial charge in [-0.3, -0.25) is 0 Å². The Kier molecular flexibility index (Phi) is 4.70. The van der Waals surface area contributed by atoms with Crippen molar-refractivity contribution >= 4 is 23.2 Å². The molecule has 1 atom stereocenters. The monoisotopic (exact) mass is 296 g/mol. The van der Waals surface area contributed by atoms with Gasteiger partial charge in [0, 0.05) is 10.6 Å². The third kappa shape index (κ3) is 3.41. The maximum Gasteiger partial charge on any atom is 0.146 e.